The van der Waals surface area contributed by atoms with Crippen LogP contribution in [0.2, 0.25) is 0 Å². The zero-order valence-electron chi connectivity index (χ0n) is 7.66. The first-order chi connectivity index (χ1) is 6.38. The highest BCUT2D eigenvalue weighted by Gasteiger charge is 2.17. The Kier molecular flexibility index (Phi) is 2.63. The van der Waals surface area contributed by atoms with Crippen LogP contribution < -0.4 is 11.1 Å². The Bertz CT molecular complexity index is 238. The fraction of sp³-hybridized carbons (Fsp3) is 0.556. The summed E-state index contributed by atoms with van der Waals surface area (Å²) in [4.78, 5) is 5.32. The van der Waals surface area contributed by atoms with Crippen LogP contribution in [0.25, 0.3) is 0 Å². The second kappa shape index (κ2) is 3.91. The van der Waals surface area contributed by atoms with Crippen molar-refractivity contribution in [1.29, 1.82) is 0 Å². The number of H-pyrrole nitrogens is 1. The molecule has 0 aromatic carbocycles. The molecule has 0 aliphatic carbocycles. The van der Waals surface area contributed by atoms with Crippen molar-refractivity contribution in [2.45, 2.75) is 6.17 Å². The van der Waals surface area contributed by atoms with Crippen LogP contribution in [-0.4, -0.2) is 36.1 Å². The van der Waals surface area contributed by atoms with Crippen molar-refractivity contribution in [2.75, 3.05) is 26.2 Å². The summed E-state index contributed by atoms with van der Waals surface area (Å²) in [5, 5.41) is 3.31. The van der Waals surface area contributed by atoms with Gasteiger partial charge in [-0.15, -0.1) is 0 Å². The maximum Gasteiger partial charge on any atom is 0.0851 e. The second-order valence-corrected chi connectivity index (χ2v) is 3.38. The number of nitrogens with two attached hydrogens (primary N) is 1. The molecule has 1 aromatic rings. The lowest BCUT2D eigenvalue weighted by molar-refractivity contribution is 0.177. The molecular weight excluding hydrogens is 164 g/mol. The molecule has 1 fully saturated rings. The van der Waals surface area contributed by atoms with E-state index in [1.807, 2.05) is 18.5 Å². The smallest absolute Gasteiger partial charge is 0.0851 e. The van der Waals surface area contributed by atoms with E-state index in [2.05, 4.69) is 15.2 Å². The summed E-state index contributed by atoms with van der Waals surface area (Å²) in [7, 11) is 0. The van der Waals surface area contributed by atoms with Gasteiger partial charge in [-0.1, -0.05) is 0 Å². The molecule has 0 saturated carbocycles. The predicted octanol–water partition coefficient (Wildman–Crippen LogP) is -0.123. The average Bonchev–Trinajstić information content (AvgIpc) is 2.71. The SMILES string of the molecule is NC(c1cc[nH]c1)N1CCNCC1. The fourth-order valence-corrected chi connectivity index (χ4v) is 1.69. The molecule has 4 nitrogen and oxygen atoms in total. The Balaban J connectivity index is 1.99. The second-order valence-electron chi connectivity index (χ2n) is 3.38. The number of hydrogen-bond acceptors (Lipinski definition) is 3. The van der Waals surface area contributed by atoms with Crippen LogP contribution in [0.4, 0.5) is 0 Å². The molecule has 1 aliphatic rings. The Morgan fingerprint density at radius 2 is 2.15 bits per heavy atom. The highest BCUT2D eigenvalue weighted by atomic mass is 15.3. The molecule has 0 bridgehead atoms. The lowest BCUT2D eigenvalue weighted by atomic mass is 10.2. The number of hydrogen-bond donors (Lipinski definition) is 3. The van der Waals surface area contributed by atoms with E-state index in [0.717, 1.165) is 26.2 Å². The summed E-state index contributed by atoms with van der Waals surface area (Å²) in [6.07, 6.45) is 3.93. The van der Waals surface area contributed by atoms with Gasteiger partial charge in [-0.3, -0.25) is 4.90 Å². The lowest BCUT2D eigenvalue weighted by Gasteiger charge is -2.32. The first-order valence-corrected chi connectivity index (χ1v) is 4.71. The van der Waals surface area contributed by atoms with E-state index < -0.39 is 0 Å². The number of rotatable bonds is 2. The topological polar surface area (TPSA) is 57.1 Å². The normalized spacial score (nSPS) is 21.6. The van der Waals surface area contributed by atoms with Gasteiger partial charge in [0.15, 0.2) is 0 Å². The van der Waals surface area contributed by atoms with E-state index in [0.29, 0.717) is 0 Å². The third-order valence-corrected chi connectivity index (χ3v) is 2.51. The van der Waals surface area contributed by atoms with Crippen LogP contribution in [0.5, 0.6) is 0 Å². The number of aromatic amines is 1. The van der Waals surface area contributed by atoms with Crippen molar-refractivity contribution in [1.82, 2.24) is 15.2 Å². The van der Waals surface area contributed by atoms with E-state index in [-0.39, 0.29) is 6.17 Å². The van der Waals surface area contributed by atoms with Crippen molar-refractivity contribution in [2.24, 2.45) is 5.73 Å². The Morgan fingerprint density at radius 3 is 2.77 bits per heavy atom. The number of aromatic nitrogens is 1. The molecule has 1 saturated heterocycles. The standard InChI is InChI=1S/C9H16N4/c10-9(8-1-2-12-7-8)13-5-3-11-4-6-13/h1-2,7,9,11-12H,3-6,10H2. The molecule has 0 amide bonds. The van der Waals surface area contributed by atoms with E-state index in [1.54, 1.807) is 0 Å². The quantitative estimate of drug-likeness (QED) is 0.594. The first kappa shape index (κ1) is 8.74. The molecule has 4 heteroatoms. The number of piperazine rings is 1. The van der Waals surface area contributed by atoms with Crippen LogP contribution in [-0.2, 0) is 0 Å². The van der Waals surface area contributed by atoms with Crippen molar-refractivity contribution in [3.05, 3.63) is 24.0 Å². The van der Waals surface area contributed by atoms with Gasteiger partial charge in [-0.25, -0.2) is 0 Å². The van der Waals surface area contributed by atoms with Crippen LogP contribution in [0.15, 0.2) is 18.5 Å². The van der Waals surface area contributed by atoms with Gasteiger partial charge in [0.2, 0.25) is 0 Å². The Labute approximate surface area is 78.1 Å². The lowest BCUT2D eigenvalue weighted by Crippen LogP contribution is -2.47. The average molecular weight is 180 g/mol. The maximum atomic E-state index is 6.09. The fourth-order valence-electron chi connectivity index (χ4n) is 1.69. The largest absolute Gasteiger partial charge is 0.367 e. The van der Waals surface area contributed by atoms with E-state index in [4.69, 9.17) is 5.73 Å². The van der Waals surface area contributed by atoms with E-state index in [9.17, 15) is 0 Å². The molecule has 1 aromatic heterocycles. The van der Waals surface area contributed by atoms with Gasteiger partial charge < -0.3 is 16.0 Å². The summed E-state index contributed by atoms with van der Waals surface area (Å²) in [6.45, 7) is 4.15. The molecule has 4 N–H and O–H groups in total. The van der Waals surface area contributed by atoms with Gasteiger partial charge in [0.1, 0.15) is 0 Å². The molecule has 2 rings (SSSR count). The van der Waals surface area contributed by atoms with Crippen molar-refractivity contribution >= 4 is 0 Å². The number of nitrogens with one attached hydrogen (secondary N) is 2. The summed E-state index contributed by atoms with van der Waals surface area (Å²) >= 11 is 0. The van der Waals surface area contributed by atoms with E-state index >= 15 is 0 Å². The molecule has 2 heterocycles. The third kappa shape index (κ3) is 1.91. The molecule has 1 aliphatic heterocycles. The first-order valence-electron chi connectivity index (χ1n) is 4.71. The van der Waals surface area contributed by atoms with Gasteiger partial charge in [-0.05, 0) is 6.07 Å². The predicted molar refractivity (Wildman–Crippen MR) is 52.2 cm³/mol. The van der Waals surface area contributed by atoms with Crippen LogP contribution in [0, 0.1) is 0 Å². The van der Waals surface area contributed by atoms with Gasteiger partial charge in [0.05, 0.1) is 6.17 Å². The third-order valence-electron chi connectivity index (χ3n) is 2.51. The van der Waals surface area contributed by atoms with Gasteiger partial charge >= 0.3 is 0 Å². The van der Waals surface area contributed by atoms with Gasteiger partial charge in [0.25, 0.3) is 0 Å². The molecule has 0 radical (unpaired) electrons. The molecule has 72 valence electrons. The zero-order valence-corrected chi connectivity index (χ0v) is 7.66. The summed E-state index contributed by atoms with van der Waals surface area (Å²) < 4.78 is 0. The maximum absolute atomic E-state index is 6.09. The Morgan fingerprint density at radius 1 is 1.38 bits per heavy atom. The van der Waals surface area contributed by atoms with Gasteiger partial charge in [-0.2, -0.15) is 0 Å². The van der Waals surface area contributed by atoms with Gasteiger partial charge in [0, 0.05) is 44.1 Å². The van der Waals surface area contributed by atoms with Crippen molar-refractivity contribution < 1.29 is 0 Å². The summed E-state index contributed by atoms with van der Waals surface area (Å²) in [5.74, 6) is 0. The summed E-state index contributed by atoms with van der Waals surface area (Å²) in [6, 6.07) is 2.03. The minimum Gasteiger partial charge on any atom is -0.367 e. The van der Waals surface area contributed by atoms with Crippen molar-refractivity contribution in [3.8, 4) is 0 Å². The molecule has 1 atom stereocenters. The minimum atomic E-state index is 0.0494. The molecule has 13 heavy (non-hydrogen) atoms. The molecule has 1 unspecified atom stereocenters. The molecular formula is C9H16N4. The summed E-state index contributed by atoms with van der Waals surface area (Å²) in [5.41, 5.74) is 7.26. The number of nitrogens with zero attached hydrogens (tertiary/aromatic N) is 1. The Hall–Kier alpha value is -0.840. The highest BCUT2D eigenvalue weighted by Crippen LogP contribution is 2.14. The zero-order chi connectivity index (χ0) is 9.10. The van der Waals surface area contributed by atoms with Crippen LogP contribution in [0.3, 0.4) is 0 Å². The molecule has 0 spiro atoms. The van der Waals surface area contributed by atoms with Crippen molar-refractivity contribution in [3.63, 3.8) is 0 Å². The van der Waals surface area contributed by atoms with E-state index in [1.165, 1.54) is 5.56 Å². The monoisotopic (exact) mass is 180 g/mol. The van der Waals surface area contributed by atoms with Crippen LogP contribution >= 0.6 is 0 Å². The minimum absolute atomic E-state index is 0.0494. The van der Waals surface area contributed by atoms with Crippen LogP contribution in [0.1, 0.15) is 11.7 Å². The highest BCUT2D eigenvalue weighted by molar-refractivity contribution is 5.12.